The Morgan fingerprint density at radius 2 is 1.48 bits per heavy atom. The summed E-state index contributed by atoms with van der Waals surface area (Å²) in [6.45, 7) is 6.00. The van der Waals surface area contributed by atoms with Gasteiger partial charge in [-0.15, -0.1) is 0 Å². The first kappa shape index (κ1) is 22.1. The number of hydrogen-bond donors (Lipinski definition) is 2. The van der Waals surface area contributed by atoms with Crippen LogP contribution in [-0.2, 0) is 17.6 Å². The molecule has 160 valence electrons. The van der Waals surface area contributed by atoms with Gasteiger partial charge in [0.05, 0.1) is 0 Å². The second-order valence-electron chi connectivity index (χ2n) is 7.34. The smallest absolute Gasteiger partial charge is 0.262 e. The topological polar surface area (TPSA) is 67.4 Å². The maximum absolute atomic E-state index is 12.4. The number of carbonyl (C=O) groups is 2. The average Bonchev–Trinajstić information content (AvgIpc) is 2.78. The van der Waals surface area contributed by atoms with Crippen molar-refractivity contribution in [2.24, 2.45) is 0 Å². The molecule has 0 aliphatic rings. The van der Waals surface area contributed by atoms with Crippen LogP contribution in [0.1, 0.15) is 40.9 Å². The fraction of sp³-hybridized carbons (Fsp3) is 0.231. The van der Waals surface area contributed by atoms with Crippen molar-refractivity contribution < 1.29 is 14.3 Å². The molecule has 5 heteroatoms. The first-order valence-corrected chi connectivity index (χ1v) is 10.5. The van der Waals surface area contributed by atoms with Gasteiger partial charge in [-0.2, -0.15) is 0 Å². The Morgan fingerprint density at radius 1 is 0.839 bits per heavy atom. The number of rotatable bonds is 8. The monoisotopic (exact) mass is 416 g/mol. The third-order valence-corrected chi connectivity index (χ3v) is 5.03. The second-order valence-corrected chi connectivity index (χ2v) is 7.34. The Kier molecular flexibility index (Phi) is 7.44. The number of anilines is 2. The highest BCUT2D eigenvalue weighted by Crippen LogP contribution is 2.23. The molecular formula is C26H28N2O3. The van der Waals surface area contributed by atoms with Crippen LogP contribution in [0, 0.1) is 6.92 Å². The molecule has 3 rings (SSSR count). The maximum atomic E-state index is 12.4. The van der Waals surface area contributed by atoms with Crippen LogP contribution in [0.15, 0.2) is 66.7 Å². The standard InChI is InChI=1S/C26H28N2O3/c1-4-19-9-7-10-20(5-2)25(19)28-24(29)17-31-23-14-12-22(13-15-23)27-26(30)21-11-6-8-18(3)16-21/h6-16H,4-5,17H2,1-3H3,(H,27,30)(H,28,29). The zero-order valence-corrected chi connectivity index (χ0v) is 18.2. The van der Waals surface area contributed by atoms with Gasteiger partial charge in [-0.1, -0.05) is 49.7 Å². The van der Waals surface area contributed by atoms with Gasteiger partial charge in [0.25, 0.3) is 11.8 Å². The number of nitrogens with one attached hydrogen (secondary N) is 2. The van der Waals surface area contributed by atoms with E-state index < -0.39 is 0 Å². The Hall–Kier alpha value is -3.60. The number of carbonyl (C=O) groups excluding carboxylic acids is 2. The van der Waals surface area contributed by atoms with Crippen molar-refractivity contribution in [3.63, 3.8) is 0 Å². The van der Waals surface area contributed by atoms with Crippen molar-refractivity contribution in [1.29, 1.82) is 0 Å². The lowest BCUT2D eigenvalue weighted by atomic mass is 10.0. The fourth-order valence-corrected chi connectivity index (χ4v) is 3.35. The third-order valence-electron chi connectivity index (χ3n) is 5.03. The van der Waals surface area contributed by atoms with E-state index in [9.17, 15) is 9.59 Å². The normalized spacial score (nSPS) is 10.4. The minimum atomic E-state index is -0.201. The van der Waals surface area contributed by atoms with E-state index in [0.717, 1.165) is 35.2 Å². The van der Waals surface area contributed by atoms with Crippen LogP contribution in [-0.4, -0.2) is 18.4 Å². The van der Waals surface area contributed by atoms with Gasteiger partial charge in [0, 0.05) is 16.9 Å². The number of hydrogen-bond acceptors (Lipinski definition) is 3. The fourth-order valence-electron chi connectivity index (χ4n) is 3.35. The Labute approximate surface area is 183 Å². The molecule has 0 heterocycles. The molecule has 31 heavy (non-hydrogen) atoms. The number of ether oxygens (including phenoxy) is 1. The van der Waals surface area contributed by atoms with Gasteiger partial charge in [0.2, 0.25) is 0 Å². The minimum Gasteiger partial charge on any atom is -0.484 e. The zero-order chi connectivity index (χ0) is 22.2. The van der Waals surface area contributed by atoms with Crippen molar-refractivity contribution in [1.82, 2.24) is 0 Å². The summed E-state index contributed by atoms with van der Waals surface area (Å²) in [6.07, 6.45) is 1.69. The summed E-state index contributed by atoms with van der Waals surface area (Å²) in [6, 6.07) is 20.5. The largest absolute Gasteiger partial charge is 0.484 e. The van der Waals surface area contributed by atoms with Gasteiger partial charge >= 0.3 is 0 Å². The highest BCUT2D eigenvalue weighted by atomic mass is 16.5. The van der Waals surface area contributed by atoms with E-state index >= 15 is 0 Å². The van der Waals surface area contributed by atoms with E-state index in [1.54, 1.807) is 30.3 Å². The number of para-hydroxylation sites is 1. The lowest BCUT2D eigenvalue weighted by Crippen LogP contribution is -2.21. The van der Waals surface area contributed by atoms with Crippen LogP contribution in [0.25, 0.3) is 0 Å². The Morgan fingerprint density at radius 3 is 2.10 bits per heavy atom. The van der Waals surface area contributed by atoms with Crippen molar-refractivity contribution in [3.8, 4) is 5.75 Å². The molecule has 2 N–H and O–H groups in total. The van der Waals surface area contributed by atoms with Crippen LogP contribution in [0.4, 0.5) is 11.4 Å². The summed E-state index contributed by atoms with van der Waals surface area (Å²) in [5.74, 6) is 0.189. The molecule has 0 aromatic heterocycles. The molecule has 0 saturated heterocycles. The van der Waals surface area contributed by atoms with E-state index in [0.29, 0.717) is 17.0 Å². The SMILES string of the molecule is CCc1cccc(CC)c1NC(=O)COc1ccc(NC(=O)c2cccc(C)c2)cc1. The predicted octanol–water partition coefficient (Wildman–Crippen LogP) is 5.39. The highest BCUT2D eigenvalue weighted by molar-refractivity contribution is 6.04. The minimum absolute atomic E-state index is 0.0871. The van der Waals surface area contributed by atoms with Gasteiger partial charge in [-0.05, 0) is 67.3 Å². The Bertz CT molecular complexity index is 1040. The molecule has 0 atom stereocenters. The highest BCUT2D eigenvalue weighted by Gasteiger charge is 2.11. The maximum Gasteiger partial charge on any atom is 0.262 e. The average molecular weight is 417 g/mol. The summed E-state index contributed by atoms with van der Waals surface area (Å²) >= 11 is 0. The number of aryl methyl sites for hydroxylation is 3. The summed E-state index contributed by atoms with van der Waals surface area (Å²) in [7, 11) is 0. The molecular weight excluding hydrogens is 388 g/mol. The molecule has 5 nitrogen and oxygen atoms in total. The van der Waals surface area contributed by atoms with Gasteiger partial charge in [-0.3, -0.25) is 9.59 Å². The van der Waals surface area contributed by atoms with E-state index in [1.807, 2.05) is 43.3 Å². The lowest BCUT2D eigenvalue weighted by molar-refractivity contribution is -0.118. The summed E-state index contributed by atoms with van der Waals surface area (Å²) < 4.78 is 5.62. The number of amides is 2. The van der Waals surface area contributed by atoms with Crippen molar-refractivity contribution >= 4 is 23.2 Å². The first-order chi connectivity index (χ1) is 15.0. The van der Waals surface area contributed by atoms with E-state index in [2.05, 4.69) is 24.5 Å². The Balaban J connectivity index is 1.56. The molecule has 0 fully saturated rings. The number of benzene rings is 3. The predicted molar refractivity (Wildman–Crippen MR) is 125 cm³/mol. The van der Waals surface area contributed by atoms with Gasteiger partial charge in [0.1, 0.15) is 5.75 Å². The van der Waals surface area contributed by atoms with E-state index in [-0.39, 0.29) is 18.4 Å². The van der Waals surface area contributed by atoms with Crippen LogP contribution < -0.4 is 15.4 Å². The third kappa shape index (κ3) is 5.95. The van der Waals surface area contributed by atoms with Crippen LogP contribution in [0.2, 0.25) is 0 Å². The summed E-state index contributed by atoms with van der Waals surface area (Å²) in [5, 5.41) is 5.85. The molecule has 2 amide bonds. The van der Waals surface area contributed by atoms with Gasteiger partial charge < -0.3 is 15.4 Å². The van der Waals surface area contributed by atoms with Gasteiger partial charge in [-0.25, -0.2) is 0 Å². The molecule has 0 aliphatic heterocycles. The molecule has 3 aromatic carbocycles. The quantitative estimate of drug-likeness (QED) is 0.517. The zero-order valence-electron chi connectivity index (χ0n) is 18.2. The van der Waals surface area contributed by atoms with Crippen molar-refractivity contribution in [2.75, 3.05) is 17.2 Å². The summed E-state index contributed by atoms with van der Waals surface area (Å²) in [5.41, 5.74) is 5.41. The molecule has 0 saturated carbocycles. The molecule has 0 spiro atoms. The summed E-state index contributed by atoms with van der Waals surface area (Å²) in [4.78, 5) is 24.8. The molecule has 0 unspecified atom stereocenters. The van der Waals surface area contributed by atoms with Crippen LogP contribution in [0.5, 0.6) is 5.75 Å². The van der Waals surface area contributed by atoms with Crippen LogP contribution >= 0.6 is 0 Å². The second kappa shape index (κ2) is 10.4. The molecule has 0 bridgehead atoms. The first-order valence-electron chi connectivity index (χ1n) is 10.5. The molecule has 0 radical (unpaired) electrons. The molecule has 3 aromatic rings. The van der Waals surface area contributed by atoms with Crippen LogP contribution in [0.3, 0.4) is 0 Å². The lowest BCUT2D eigenvalue weighted by Gasteiger charge is -2.15. The van der Waals surface area contributed by atoms with Gasteiger partial charge in [0.15, 0.2) is 6.61 Å². The van der Waals surface area contributed by atoms with E-state index in [4.69, 9.17) is 4.74 Å². The van der Waals surface area contributed by atoms with Crippen molar-refractivity contribution in [2.45, 2.75) is 33.6 Å². The van der Waals surface area contributed by atoms with E-state index in [1.165, 1.54) is 0 Å². The molecule has 0 aliphatic carbocycles. The van der Waals surface area contributed by atoms with Crippen molar-refractivity contribution in [3.05, 3.63) is 89.0 Å².